The Hall–Kier alpha value is -2.41. The molecule has 0 atom stereocenters. The molecule has 3 rings (SSSR count). The van der Waals surface area contributed by atoms with Gasteiger partial charge in [0.15, 0.2) is 5.82 Å². The third-order valence-corrected chi connectivity index (χ3v) is 3.46. The lowest BCUT2D eigenvalue weighted by atomic mass is 10.1. The van der Waals surface area contributed by atoms with Gasteiger partial charge in [-0.25, -0.2) is 0 Å². The van der Waals surface area contributed by atoms with Crippen molar-refractivity contribution in [3.63, 3.8) is 0 Å². The predicted octanol–water partition coefficient (Wildman–Crippen LogP) is 2.26. The Morgan fingerprint density at radius 2 is 1.70 bits per heavy atom. The minimum Gasteiger partial charge on any atom is -0.399 e. The van der Waals surface area contributed by atoms with Crippen LogP contribution in [0.25, 0.3) is 17.1 Å². The lowest BCUT2D eigenvalue weighted by molar-refractivity contribution is 0.789. The molecule has 100 valence electrons. The Morgan fingerprint density at radius 3 is 2.40 bits per heavy atom. The van der Waals surface area contributed by atoms with Crippen molar-refractivity contribution in [3.8, 4) is 17.1 Å². The molecule has 0 saturated heterocycles. The summed E-state index contributed by atoms with van der Waals surface area (Å²) < 4.78 is 2.53. The average molecular weight is 331 g/mol. The minimum atomic E-state index is 0.571. The van der Waals surface area contributed by atoms with Crippen LogP contribution in [0.5, 0.6) is 0 Å². The van der Waals surface area contributed by atoms with Crippen LogP contribution in [0.3, 0.4) is 0 Å². The number of nitrogen functional groups attached to an aromatic ring is 2. The van der Waals surface area contributed by atoms with Crippen LogP contribution in [0.4, 0.5) is 11.4 Å². The maximum Gasteiger partial charge on any atom is 0.187 e. The molecule has 3 aromatic rings. The highest BCUT2D eigenvalue weighted by Gasteiger charge is 2.13. The van der Waals surface area contributed by atoms with Gasteiger partial charge in [-0.15, -0.1) is 5.10 Å². The van der Waals surface area contributed by atoms with Gasteiger partial charge in [0.25, 0.3) is 0 Å². The van der Waals surface area contributed by atoms with Gasteiger partial charge in [0, 0.05) is 21.4 Å². The van der Waals surface area contributed by atoms with Crippen molar-refractivity contribution in [2.45, 2.75) is 0 Å². The molecule has 0 spiro atoms. The fourth-order valence-electron chi connectivity index (χ4n) is 1.96. The maximum atomic E-state index is 5.82. The van der Waals surface area contributed by atoms with Crippen molar-refractivity contribution in [2.24, 2.45) is 0 Å². The standard InChI is InChI=1S/C13H11BrN6/c14-11-3-1-2-4-12(11)20-13(17-18-19-20)8-5-9(15)7-10(16)6-8/h1-7H,15-16H2. The monoisotopic (exact) mass is 330 g/mol. The summed E-state index contributed by atoms with van der Waals surface area (Å²) >= 11 is 3.49. The highest BCUT2D eigenvalue weighted by molar-refractivity contribution is 9.10. The Bertz CT molecular complexity index is 747. The van der Waals surface area contributed by atoms with Crippen LogP contribution < -0.4 is 11.5 Å². The Balaban J connectivity index is 2.18. The van der Waals surface area contributed by atoms with Crippen molar-refractivity contribution < 1.29 is 0 Å². The van der Waals surface area contributed by atoms with Crippen LogP contribution in [0.1, 0.15) is 0 Å². The van der Waals surface area contributed by atoms with E-state index in [1.165, 1.54) is 0 Å². The smallest absolute Gasteiger partial charge is 0.187 e. The maximum absolute atomic E-state index is 5.82. The quantitative estimate of drug-likeness (QED) is 0.702. The van der Waals surface area contributed by atoms with E-state index in [1.54, 1.807) is 22.9 Å². The van der Waals surface area contributed by atoms with E-state index < -0.39 is 0 Å². The lowest BCUT2D eigenvalue weighted by Crippen LogP contribution is -2.01. The number of tetrazole rings is 1. The van der Waals surface area contributed by atoms with Crippen molar-refractivity contribution in [3.05, 3.63) is 46.9 Å². The van der Waals surface area contributed by atoms with Crippen LogP contribution in [-0.2, 0) is 0 Å². The van der Waals surface area contributed by atoms with Gasteiger partial charge >= 0.3 is 0 Å². The molecule has 0 fully saturated rings. The average Bonchev–Trinajstić information content (AvgIpc) is 2.87. The Labute approximate surface area is 123 Å². The second-order valence-electron chi connectivity index (χ2n) is 4.25. The molecule has 4 N–H and O–H groups in total. The summed E-state index contributed by atoms with van der Waals surface area (Å²) in [6.07, 6.45) is 0. The topological polar surface area (TPSA) is 95.6 Å². The summed E-state index contributed by atoms with van der Waals surface area (Å²) in [5, 5.41) is 11.8. The first-order chi connectivity index (χ1) is 9.65. The molecule has 0 radical (unpaired) electrons. The zero-order chi connectivity index (χ0) is 14.1. The largest absolute Gasteiger partial charge is 0.399 e. The summed E-state index contributed by atoms with van der Waals surface area (Å²) in [6.45, 7) is 0. The van der Waals surface area contributed by atoms with Gasteiger partial charge in [0.05, 0.1) is 5.69 Å². The van der Waals surface area contributed by atoms with Gasteiger partial charge in [-0.05, 0) is 56.7 Å². The molecule has 1 heterocycles. The van der Waals surface area contributed by atoms with Crippen molar-refractivity contribution in [2.75, 3.05) is 11.5 Å². The highest BCUT2D eigenvalue weighted by atomic mass is 79.9. The summed E-state index contributed by atoms with van der Waals surface area (Å²) in [4.78, 5) is 0. The number of nitrogens with zero attached hydrogens (tertiary/aromatic N) is 4. The molecule has 0 saturated carbocycles. The van der Waals surface area contributed by atoms with E-state index in [9.17, 15) is 0 Å². The van der Waals surface area contributed by atoms with Gasteiger partial charge in [0.2, 0.25) is 0 Å². The molecular weight excluding hydrogens is 320 g/mol. The normalized spacial score (nSPS) is 10.7. The van der Waals surface area contributed by atoms with E-state index in [0.717, 1.165) is 15.7 Å². The SMILES string of the molecule is Nc1cc(N)cc(-c2nnnn2-c2ccccc2Br)c1. The molecule has 0 aliphatic heterocycles. The van der Waals surface area contributed by atoms with E-state index >= 15 is 0 Å². The number of anilines is 2. The number of hydrogen-bond donors (Lipinski definition) is 2. The molecule has 1 aromatic heterocycles. The second kappa shape index (κ2) is 4.93. The zero-order valence-corrected chi connectivity index (χ0v) is 11.9. The number of hydrogen-bond acceptors (Lipinski definition) is 5. The van der Waals surface area contributed by atoms with E-state index in [2.05, 4.69) is 31.5 Å². The Morgan fingerprint density at radius 1 is 1.00 bits per heavy atom. The number of rotatable bonds is 2. The molecule has 0 unspecified atom stereocenters. The van der Waals surface area contributed by atoms with Crippen LogP contribution in [0.15, 0.2) is 46.9 Å². The fourth-order valence-corrected chi connectivity index (χ4v) is 2.41. The lowest BCUT2D eigenvalue weighted by Gasteiger charge is -2.07. The minimum absolute atomic E-state index is 0.571. The summed E-state index contributed by atoms with van der Waals surface area (Å²) in [5.74, 6) is 0.580. The van der Waals surface area contributed by atoms with Gasteiger partial charge in [-0.3, -0.25) is 0 Å². The van der Waals surface area contributed by atoms with Crippen LogP contribution in [0, 0.1) is 0 Å². The van der Waals surface area contributed by atoms with Gasteiger partial charge in [-0.1, -0.05) is 12.1 Å². The van der Waals surface area contributed by atoms with Crippen LogP contribution in [-0.4, -0.2) is 20.2 Å². The predicted molar refractivity (Wildman–Crippen MR) is 81.1 cm³/mol. The zero-order valence-electron chi connectivity index (χ0n) is 10.4. The number of benzene rings is 2. The molecule has 6 nitrogen and oxygen atoms in total. The van der Waals surface area contributed by atoms with Crippen molar-refractivity contribution >= 4 is 27.3 Å². The number of aromatic nitrogens is 4. The van der Waals surface area contributed by atoms with Gasteiger partial charge in [0.1, 0.15) is 0 Å². The highest BCUT2D eigenvalue weighted by Crippen LogP contribution is 2.27. The number of halogens is 1. The van der Waals surface area contributed by atoms with Gasteiger partial charge in [-0.2, -0.15) is 4.68 Å². The Kier molecular flexibility index (Phi) is 3.11. The molecule has 2 aromatic carbocycles. The molecule has 0 aliphatic rings. The third-order valence-electron chi connectivity index (χ3n) is 2.79. The second-order valence-corrected chi connectivity index (χ2v) is 5.11. The van der Waals surface area contributed by atoms with Crippen molar-refractivity contribution in [1.29, 1.82) is 0 Å². The molecule has 7 heteroatoms. The van der Waals surface area contributed by atoms with E-state index in [-0.39, 0.29) is 0 Å². The van der Waals surface area contributed by atoms with Crippen LogP contribution >= 0.6 is 15.9 Å². The van der Waals surface area contributed by atoms with Crippen molar-refractivity contribution in [1.82, 2.24) is 20.2 Å². The summed E-state index contributed by atoms with van der Waals surface area (Å²) in [6, 6.07) is 12.9. The molecule has 0 amide bonds. The van der Waals surface area contributed by atoms with Crippen LogP contribution in [0.2, 0.25) is 0 Å². The summed E-state index contributed by atoms with van der Waals surface area (Å²) in [7, 11) is 0. The third kappa shape index (κ3) is 2.23. The van der Waals surface area contributed by atoms with E-state index in [0.29, 0.717) is 17.2 Å². The number of nitrogens with two attached hydrogens (primary N) is 2. The fraction of sp³-hybridized carbons (Fsp3) is 0. The summed E-state index contributed by atoms with van der Waals surface area (Å²) in [5.41, 5.74) is 14.4. The first-order valence-corrected chi connectivity index (χ1v) is 6.64. The van der Waals surface area contributed by atoms with E-state index in [1.807, 2.05) is 24.3 Å². The molecule has 0 bridgehead atoms. The number of para-hydroxylation sites is 1. The van der Waals surface area contributed by atoms with Gasteiger partial charge < -0.3 is 11.5 Å². The molecular formula is C13H11BrN6. The molecule has 20 heavy (non-hydrogen) atoms. The van der Waals surface area contributed by atoms with E-state index in [4.69, 9.17) is 11.5 Å². The first-order valence-electron chi connectivity index (χ1n) is 5.85. The first kappa shape index (κ1) is 12.6. The molecule has 0 aliphatic carbocycles.